The van der Waals surface area contributed by atoms with Crippen molar-refractivity contribution in [1.82, 2.24) is 25.3 Å². The van der Waals surface area contributed by atoms with Gasteiger partial charge in [0.2, 0.25) is 18.1 Å². The molecule has 0 atom stereocenters. The minimum Gasteiger partial charge on any atom is -0.495 e. The van der Waals surface area contributed by atoms with E-state index in [-0.39, 0.29) is 17.1 Å². The fourth-order valence-electron chi connectivity index (χ4n) is 4.17. The van der Waals surface area contributed by atoms with Crippen LogP contribution in [0.15, 0.2) is 60.8 Å². The Morgan fingerprint density at radius 2 is 1.87 bits per heavy atom. The summed E-state index contributed by atoms with van der Waals surface area (Å²) in [5, 5.41) is 6.01. The maximum absolute atomic E-state index is 13.7. The van der Waals surface area contributed by atoms with Crippen LogP contribution in [0.3, 0.4) is 0 Å². The van der Waals surface area contributed by atoms with E-state index in [1.807, 2.05) is 31.2 Å². The first-order valence-corrected chi connectivity index (χ1v) is 12.4. The third kappa shape index (κ3) is 6.05. The van der Waals surface area contributed by atoms with Crippen molar-refractivity contribution in [3.8, 4) is 28.4 Å². The number of ether oxygens (including phenoxy) is 3. The number of benzene rings is 2. The number of amides is 1. The molecule has 1 fully saturated rings. The molecule has 0 radical (unpaired) electrons. The van der Waals surface area contributed by atoms with Gasteiger partial charge in [0.1, 0.15) is 11.6 Å². The molecule has 0 spiro atoms. The lowest BCUT2D eigenvalue weighted by Gasteiger charge is -2.36. The van der Waals surface area contributed by atoms with E-state index in [1.54, 1.807) is 31.5 Å². The van der Waals surface area contributed by atoms with Gasteiger partial charge in [-0.15, -0.1) is 0 Å². The van der Waals surface area contributed by atoms with E-state index >= 15 is 0 Å². The molecule has 202 valence electrons. The predicted molar refractivity (Wildman–Crippen MR) is 143 cm³/mol. The van der Waals surface area contributed by atoms with Crippen LogP contribution in [0.2, 0.25) is 0 Å². The Bertz CT molecular complexity index is 1450. The van der Waals surface area contributed by atoms with Gasteiger partial charge >= 0.3 is 0 Å². The summed E-state index contributed by atoms with van der Waals surface area (Å²) in [6.45, 7) is 4.61. The lowest BCUT2D eigenvalue weighted by atomic mass is 9.92. The highest BCUT2D eigenvalue weighted by molar-refractivity contribution is 5.77. The lowest BCUT2D eigenvalue weighted by Crippen LogP contribution is -2.45. The third-order valence-electron chi connectivity index (χ3n) is 6.26. The molecule has 11 heteroatoms. The summed E-state index contributed by atoms with van der Waals surface area (Å²) in [5.74, 6) is 1.00. The fraction of sp³-hybridized carbons (Fsp3) is 0.286. The highest BCUT2D eigenvalue weighted by atomic mass is 19.1. The molecule has 0 unspecified atom stereocenters. The molecule has 2 aromatic heterocycles. The van der Waals surface area contributed by atoms with Crippen LogP contribution < -0.4 is 15.4 Å². The van der Waals surface area contributed by atoms with E-state index in [4.69, 9.17) is 24.2 Å². The van der Waals surface area contributed by atoms with Gasteiger partial charge in [0.25, 0.3) is 0 Å². The molecule has 5 rings (SSSR count). The summed E-state index contributed by atoms with van der Waals surface area (Å²) >= 11 is 0. The minimum atomic E-state index is -0.753. The van der Waals surface area contributed by atoms with Crippen molar-refractivity contribution >= 4 is 17.5 Å². The average Bonchev–Trinajstić information content (AvgIpc) is 3.39. The summed E-state index contributed by atoms with van der Waals surface area (Å²) in [6, 6.07) is 15.3. The minimum absolute atomic E-state index is 0.109. The van der Waals surface area contributed by atoms with Gasteiger partial charge in [0.15, 0.2) is 5.82 Å². The van der Waals surface area contributed by atoms with Crippen LogP contribution >= 0.6 is 0 Å². The predicted octanol–water partition coefficient (Wildman–Crippen LogP) is 4.61. The zero-order chi connectivity index (χ0) is 27.4. The number of aromatic amines is 1. The van der Waals surface area contributed by atoms with E-state index < -0.39 is 6.29 Å². The molecule has 1 amide bonds. The summed E-state index contributed by atoms with van der Waals surface area (Å²) in [5.41, 5.74) is 2.76. The Balaban J connectivity index is 1.45. The Morgan fingerprint density at radius 3 is 2.59 bits per heavy atom. The second-order valence-corrected chi connectivity index (χ2v) is 9.62. The van der Waals surface area contributed by atoms with Gasteiger partial charge in [0, 0.05) is 30.6 Å². The van der Waals surface area contributed by atoms with E-state index in [0.29, 0.717) is 65.6 Å². The van der Waals surface area contributed by atoms with Crippen molar-refractivity contribution in [3.63, 3.8) is 0 Å². The number of methoxy groups -OCH3 is 1. The zero-order valence-electron chi connectivity index (χ0n) is 21.8. The number of imidazole rings is 1. The van der Waals surface area contributed by atoms with Crippen molar-refractivity contribution < 1.29 is 23.4 Å². The average molecular weight is 533 g/mol. The van der Waals surface area contributed by atoms with Gasteiger partial charge in [0.05, 0.1) is 43.1 Å². The second-order valence-electron chi connectivity index (χ2n) is 9.62. The van der Waals surface area contributed by atoms with Crippen molar-refractivity contribution in [2.24, 2.45) is 5.41 Å². The number of carbonyl (C=O) groups excluding carboxylic acids is 1. The van der Waals surface area contributed by atoms with Gasteiger partial charge < -0.3 is 29.8 Å². The van der Waals surface area contributed by atoms with Crippen LogP contribution in [0.1, 0.15) is 26.0 Å². The smallest absolute Gasteiger partial charge is 0.227 e. The highest BCUT2D eigenvalue weighted by Crippen LogP contribution is 2.35. The van der Waals surface area contributed by atoms with Gasteiger partial charge in [-0.2, -0.15) is 0 Å². The van der Waals surface area contributed by atoms with Crippen LogP contribution in [0, 0.1) is 11.2 Å². The first-order chi connectivity index (χ1) is 18.8. The Morgan fingerprint density at radius 1 is 1.13 bits per heavy atom. The quantitative estimate of drug-likeness (QED) is 0.301. The maximum atomic E-state index is 13.7. The van der Waals surface area contributed by atoms with Gasteiger partial charge in [-0.1, -0.05) is 19.1 Å². The summed E-state index contributed by atoms with van der Waals surface area (Å²) < 4.78 is 31.1. The van der Waals surface area contributed by atoms with Crippen LogP contribution in [-0.4, -0.2) is 52.7 Å². The molecular weight excluding hydrogens is 503 g/mol. The first-order valence-electron chi connectivity index (χ1n) is 12.4. The third-order valence-corrected chi connectivity index (χ3v) is 6.26. The highest BCUT2D eigenvalue weighted by Gasteiger charge is 2.35. The Hall–Kier alpha value is -4.35. The van der Waals surface area contributed by atoms with Gasteiger partial charge in [-0.05, 0) is 42.5 Å². The molecule has 3 N–H and O–H groups in total. The SMILES string of the molecule is COc1ccccc1Nc1nccc(-c2[nH]c(C3OCC(C)(CNC(C)=O)CO3)nc2-c2ccc(F)cc2)n1. The zero-order valence-corrected chi connectivity index (χ0v) is 21.8. The van der Waals surface area contributed by atoms with E-state index in [0.717, 1.165) is 0 Å². The molecule has 1 aliphatic heterocycles. The number of H-pyrrole nitrogens is 1. The number of carbonyl (C=O) groups is 1. The summed E-state index contributed by atoms with van der Waals surface area (Å²) in [7, 11) is 1.59. The number of aromatic nitrogens is 4. The number of rotatable bonds is 8. The van der Waals surface area contributed by atoms with Crippen molar-refractivity contribution in [2.75, 3.05) is 32.2 Å². The monoisotopic (exact) mass is 532 g/mol. The van der Waals surface area contributed by atoms with Crippen LogP contribution in [0.25, 0.3) is 22.6 Å². The summed E-state index contributed by atoms with van der Waals surface area (Å²) in [4.78, 5) is 28.5. The van der Waals surface area contributed by atoms with Gasteiger partial charge in [-0.3, -0.25) is 4.79 Å². The molecule has 1 aliphatic rings. The molecule has 3 heterocycles. The number of anilines is 2. The number of para-hydroxylation sites is 2. The van der Waals surface area contributed by atoms with Crippen LogP contribution in [0.5, 0.6) is 5.75 Å². The first kappa shape index (κ1) is 26.3. The lowest BCUT2D eigenvalue weighted by molar-refractivity contribution is -0.232. The van der Waals surface area contributed by atoms with Crippen LogP contribution in [-0.2, 0) is 14.3 Å². The van der Waals surface area contributed by atoms with Crippen LogP contribution in [0.4, 0.5) is 16.0 Å². The number of halogens is 1. The molecule has 4 aromatic rings. The molecule has 2 aromatic carbocycles. The number of hydrogen-bond acceptors (Lipinski definition) is 8. The molecule has 0 saturated carbocycles. The number of nitrogens with zero attached hydrogens (tertiary/aromatic N) is 3. The van der Waals surface area contributed by atoms with Crippen molar-refractivity contribution in [2.45, 2.75) is 20.1 Å². The van der Waals surface area contributed by atoms with Crippen molar-refractivity contribution in [3.05, 3.63) is 72.4 Å². The molecule has 0 aliphatic carbocycles. The molecule has 10 nitrogen and oxygen atoms in total. The molecule has 1 saturated heterocycles. The topological polar surface area (TPSA) is 123 Å². The standard InChI is InChI=1S/C28H29FN6O4/c1-17(36)31-14-28(2)15-38-26(39-16-28)25-34-23(18-8-10-19(29)11-9-18)24(35-25)21-12-13-30-27(33-21)32-20-6-4-5-7-22(20)37-3/h4-13,26H,14-16H2,1-3H3,(H,31,36)(H,34,35)(H,30,32,33). The Kier molecular flexibility index (Phi) is 7.53. The molecular formula is C28H29FN6O4. The largest absolute Gasteiger partial charge is 0.495 e. The number of hydrogen-bond donors (Lipinski definition) is 3. The van der Waals surface area contributed by atoms with E-state index in [2.05, 4.69) is 20.6 Å². The normalized spacial score (nSPS) is 18.9. The second kappa shape index (κ2) is 11.2. The molecule has 0 bridgehead atoms. The Labute approximate surface area is 225 Å². The summed E-state index contributed by atoms with van der Waals surface area (Å²) in [6.07, 6.45) is 0.882. The maximum Gasteiger partial charge on any atom is 0.227 e. The fourth-order valence-corrected chi connectivity index (χ4v) is 4.17. The van der Waals surface area contributed by atoms with E-state index in [9.17, 15) is 9.18 Å². The van der Waals surface area contributed by atoms with Crippen molar-refractivity contribution in [1.29, 1.82) is 0 Å². The van der Waals surface area contributed by atoms with Gasteiger partial charge in [-0.25, -0.2) is 19.3 Å². The molecule has 39 heavy (non-hydrogen) atoms. The number of nitrogens with one attached hydrogen (secondary N) is 3. The van der Waals surface area contributed by atoms with E-state index in [1.165, 1.54) is 19.1 Å².